The van der Waals surface area contributed by atoms with Crippen LogP contribution in [0.1, 0.15) is 43.5 Å². The van der Waals surface area contributed by atoms with Crippen molar-refractivity contribution in [3.05, 3.63) is 29.6 Å². The second-order valence-electron chi connectivity index (χ2n) is 5.27. The molecule has 0 saturated carbocycles. The lowest BCUT2D eigenvalue weighted by Gasteiger charge is -2.09. The molecular weight excluding hydrogens is 275 g/mol. The third kappa shape index (κ3) is 6.25. The number of carboxylic acids is 1. The number of anilines is 1. The fourth-order valence-electron chi connectivity index (χ4n) is 1.80. The molecule has 0 aromatic heterocycles. The van der Waals surface area contributed by atoms with Crippen LogP contribution in [0.25, 0.3) is 0 Å². The number of amides is 2. The molecule has 21 heavy (non-hydrogen) atoms. The maximum Gasteiger partial charge on any atom is 0.335 e. The fraction of sp³-hybridized carbons (Fsp3) is 0.467. The lowest BCUT2D eigenvalue weighted by Crippen LogP contribution is -2.29. The zero-order valence-corrected chi connectivity index (χ0v) is 12.3. The number of carboxylic acid groups (broad SMARTS) is 1. The Bertz CT molecular complexity index is 504. The number of nitrogens with one attached hydrogen (secondary N) is 2. The summed E-state index contributed by atoms with van der Waals surface area (Å²) in [5.41, 5.74) is -0.202. The van der Waals surface area contributed by atoms with Gasteiger partial charge in [-0.05, 0) is 30.5 Å². The minimum atomic E-state index is -1.21. The van der Waals surface area contributed by atoms with Crippen molar-refractivity contribution < 1.29 is 19.1 Å². The second kappa shape index (κ2) is 8.24. The number of rotatable bonds is 7. The van der Waals surface area contributed by atoms with Crippen LogP contribution >= 0.6 is 0 Å². The molecule has 5 nitrogen and oxygen atoms in total. The SMILES string of the molecule is CC(C)CCCCNC(=O)Nc1ccc(C(=O)O)cc1F. The highest BCUT2D eigenvalue weighted by Crippen LogP contribution is 2.15. The van der Waals surface area contributed by atoms with E-state index in [4.69, 9.17) is 5.11 Å². The molecule has 1 rings (SSSR count). The van der Waals surface area contributed by atoms with E-state index in [0.29, 0.717) is 12.5 Å². The second-order valence-corrected chi connectivity index (χ2v) is 5.27. The Balaban J connectivity index is 2.39. The molecule has 3 N–H and O–H groups in total. The van der Waals surface area contributed by atoms with E-state index in [0.717, 1.165) is 25.3 Å². The van der Waals surface area contributed by atoms with Gasteiger partial charge in [-0.15, -0.1) is 0 Å². The van der Waals surface area contributed by atoms with E-state index in [2.05, 4.69) is 24.5 Å². The quantitative estimate of drug-likeness (QED) is 0.674. The number of hydrogen-bond donors (Lipinski definition) is 3. The summed E-state index contributed by atoms with van der Waals surface area (Å²) in [6.45, 7) is 4.81. The van der Waals surface area contributed by atoms with E-state index in [1.165, 1.54) is 12.1 Å². The standard InChI is InChI=1S/C15H21FN2O3/c1-10(2)5-3-4-8-17-15(21)18-13-7-6-11(14(19)20)9-12(13)16/h6-7,9-10H,3-5,8H2,1-2H3,(H,19,20)(H2,17,18,21). The summed E-state index contributed by atoms with van der Waals surface area (Å²) in [6, 6.07) is 2.85. The molecule has 0 atom stereocenters. The molecule has 0 aliphatic rings. The van der Waals surface area contributed by atoms with Gasteiger partial charge < -0.3 is 15.7 Å². The minimum absolute atomic E-state index is 0.0420. The highest BCUT2D eigenvalue weighted by atomic mass is 19.1. The Morgan fingerprint density at radius 3 is 2.57 bits per heavy atom. The van der Waals surface area contributed by atoms with Crippen molar-refractivity contribution in [2.45, 2.75) is 33.1 Å². The van der Waals surface area contributed by atoms with Gasteiger partial charge in [0.1, 0.15) is 5.82 Å². The maximum atomic E-state index is 13.6. The number of aromatic carboxylic acids is 1. The van der Waals surface area contributed by atoms with Crippen molar-refractivity contribution in [2.75, 3.05) is 11.9 Å². The number of unbranched alkanes of at least 4 members (excludes halogenated alkanes) is 1. The average Bonchev–Trinajstić information content (AvgIpc) is 2.40. The molecule has 6 heteroatoms. The normalized spacial score (nSPS) is 10.5. The first-order chi connectivity index (χ1) is 9.90. The molecule has 116 valence electrons. The van der Waals surface area contributed by atoms with Gasteiger partial charge in [0.15, 0.2) is 0 Å². The van der Waals surface area contributed by atoms with Crippen LogP contribution in [0.2, 0.25) is 0 Å². The van der Waals surface area contributed by atoms with E-state index in [-0.39, 0.29) is 11.3 Å². The third-order valence-corrected chi connectivity index (χ3v) is 2.96. The van der Waals surface area contributed by atoms with Crippen molar-refractivity contribution in [1.82, 2.24) is 5.32 Å². The number of carbonyl (C=O) groups is 2. The first kappa shape index (κ1) is 16.9. The maximum absolute atomic E-state index is 13.6. The van der Waals surface area contributed by atoms with Gasteiger partial charge in [0, 0.05) is 6.54 Å². The van der Waals surface area contributed by atoms with Gasteiger partial charge in [-0.2, -0.15) is 0 Å². The monoisotopic (exact) mass is 296 g/mol. The summed E-state index contributed by atoms with van der Waals surface area (Å²) >= 11 is 0. The summed E-state index contributed by atoms with van der Waals surface area (Å²) in [5.74, 6) is -1.35. The molecule has 0 spiro atoms. The molecule has 1 aromatic carbocycles. The molecule has 0 bridgehead atoms. The largest absolute Gasteiger partial charge is 0.478 e. The molecule has 0 aliphatic heterocycles. The van der Waals surface area contributed by atoms with Crippen molar-refractivity contribution in [3.8, 4) is 0 Å². The molecular formula is C15H21FN2O3. The van der Waals surface area contributed by atoms with Gasteiger partial charge in [0.05, 0.1) is 11.3 Å². The molecule has 2 amide bonds. The Morgan fingerprint density at radius 2 is 2.00 bits per heavy atom. The number of benzene rings is 1. The van der Waals surface area contributed by atoms with Crippen LogP contribution in [0.3, 0.4) is 0 Å². The Morgan fingerprint density at radius 1 is 1.29 bits per heavy atom. The van der Waals surface area contributed by atoms with Gasteiger partial charge >= 0.3 is 12.0 Å². The topological polar surface area (TPSA) is 78.4 Å². The first-order valence-corrected chi connectivity index (χ1v) is 6.98. The van der Waals surface area contributed by atoms with E-state index in [1.807, 2.05) is 0 Å². The lowest BCUT2D eigenvalue weighted by atomic mass is 10.1. The predicted molar refractivity (Wildman–Crippen MR) is 79.1 cm³/mol. The van der Waals surface area contributed by atoms with Crippen LogP contribution in [0.15, 0.2) is 18.2 Å². The molecule has 0 aliphatic carbocycles. The van der Waals surface area contributed by atoms with Crippen LogP contribution in [0.5, 0.6) is 0 Å². The van der Waals surface area contributed by atoms with Gasteiger partial charge in [0.2, 0.25) is 0 Å². The van der Waals surface area contributed by atoms with E-state index < -0.39 is 17.8 Å². The summed E-state index contributed by atoms with van der Waals surface area (Å²) < 4.78 is 13.6. The van der Waals surface area contributed by atoms with E-state index >= 15 is 0 Å². The van der Waals surface area contributed by atoms with Crippen molar-refractivity contribution in [3.63, 3.8) is 0 Å². The van der Waals surface area contributed by atoms with Crippen molar-refractivity contribution >= 4 is 17.7 Å². The van der Waals surface area contributed by atoms with E-state index in [1.54, 1.807) is 0 Å². The summed E-state index contributed by atoms with van der Waals surface area (Å²) in [4.78, 5) is 22.2. The third-order valence-electron chi connectivity index (χ3n) is 2.96. The molecule has 0 saturated heterocycles. The van der Waals surface area contributed by atoms with Gasteiger partial charge in [-0.3, -0.25) is 0 Å². The molecule has 0 heterocycles. The van der Waals surface area contributed by atoms with Gasteiger partial charge in [-0.25, -0.2) is 14.0 Å². The first-order valence-electron chi connectivity index (χ1n) is 6.98. The van der Waals surface area contributed by atoms with Gasteiger partial charge in [-0.1, -0.05) is 26.7 Å². The van der Waals surface area contributed by atoms with Crippen LogP contribution in [-0.2, 0) is 0 Å². The Kier molecular flexibility index (Phi) is 6.65. The van der Waals surface area contributed by atoms with Crippen LogP contribution in [0.4, 0.5) is 14.9 Å². The molecule has 0 unspecified atom stereocenters. The number of carbonyl (C=O) groups excluding carboxylic acids is 1. The van der Waals surface area contributed by atoms with Crippen LogP contribution < -0.4 is 10.6 Å². The zero-order valence-electron chi connectivity index (χ0n) is 12.3. The lowest BCUT2D eigenvalue weighted by molar-refractivity contribution is 0.0696. The predicted octanol–water partition coefficient (Wildman–Crippen LogP) is 3.47. The molecule has 1 aromatic rings. The van der Waals surface area contributed by atoms with Gasteiger partial charge in [0.25, 0.3) is 0 Å². The zero-order chi connectivity index (χ0) is 15.8. The molecule has 0 radical (unpaired) electrons. The average molecular weight is 296 g/mol. The van der Waals surface area contributed by atoms with Crippen LogP contribution in [0, 0.1) is 11.7 Å². The number of halogens is 1. The fourth-order valence-corrected chi connectivity index (χ4v) is 1.80. The van der Waals surface area contributed by atoms with Crippen molar-refractivity contribution in [2.24, 2.45) is 5.92 Å². The Labute approximate surface area is 123 Å². The Hall–Kier alpha value is -2.11. The minimum Gasteiger partial charge on any atom is -0.478 e. The smallest absolute Gasteiger partial charge is 0.335 e. The number of urea groups is 1. The summed E-state index contributed by atoms with van der Waals surface area (Å²) in [5, 5.41) is 13.7. The molecule has 0 fully saturated rings. The highest BCUT2D eigenvalue weighted by Gasteiger charge is 2.10. The van der Waals surface area contributed by atoms with Crippen LogP contribution in [-0.4, -0.2) is 23.7 Å². The van der Waals surface area contributed by atoms with E-state index in [9.17, 15) is 14.0 Å². The van der Waals surface area contributed by atoms with Crippen molar-refractivity contribution in [1.29, 1.82) is 0 Å². The summed E-state index contributed by atoms with van der Waals surface area (Å²) in [6.07, 6.45) is 3.00. The summed E-state index contributed by atoms with van der Waals surface area (Å²) in [7, 11) is 0. The highest BCUT2D eigenvalue weighted by molar-refractivity contribution is 5.91. The number of hydrogen-bond acceptors (Lipinski definition) is 2.